The Labute approximate surface area is 130 Å². The van der Waals surface area contributed by atoms with Crippen LogP contribution in [0.3, 0.4) is 0 Å². The average Bonchev–Trinajstić information content (AvgIpc) is 2.53. The highest BCUT2D eigenvalue weighted by atomic mass is 32.2. The maximum absolute atomic E-state index is 12.7. The van der Waals surface area contributed by atoms with Crippen LogP contribution < -0.4 is 5.73 Å². The third-order valence-corrected chi connectivity index (χ3v) is 6.45. The van der Waals surface area contributed by atoms with E-state index in [4.69, 9.17) is 5.73 Å². The lowest BCUT2D eigenvalue weighted by molar-refractivity contribution is 0.416. The van der Waals surface area contributed by atoms with E-state index in [0.29, 0.717) is 23.9 Å². The minimum Gasteiger partial charge on any atom is -0.320 e. The van der Waals surface area contributed by atoms with Crippen LogP contribution in [0.1, 0.15) is 18.9 Å². The minimum atomic E-state index is -3.49. The van der Waals surface area contributed by atoms with Crippen molar-refractivity contribution in [2.45, 2.75) is 23.5 Å². The van der Waals surface area contributed by atoms with Crippen molar-refractivity contribution in [2.24, 2.45) is 5.73 Å². The summed E-state index contributed by atoms with van der Waals surface area (Å²) in [6.07, 6.45) is 3.89. The van der Waals surface area contributed by atoms with Crippen LogP contribution in [-0.4, -0.2) is 48.3 Å². The number of nitrogens with zero attached hydrogens (tertiary/aromatic N) is 2. The molecule has 1 aromatic rings. The van der Waals surface area contributed by atoms with Crippen LogP contribution in [0.4, 0.5) is 0 Å². The summed E-state index contributed by atoms with van der Waals surface area (Å²) in [7, 11) is -3.49. The van der Waals surface area contributed by atoms with E-state index in [-0.39, 0.29) is 11.4 Å². The molecule has 1 saturated heterocycles. The van der Waals surface area contributed by atoms with Gasteiger partial charge in [-0.3, -0.25) is 4.98 Å². The van der Waals surface area contributed by atoms with Crippen LogP contribution >= 0.6 is 11.8 Å². The molecule has 0 radical (unpaired) electrons. The molecule has 0 aliphatic carbocycles. The monoisotopic (exact) mass is 325 g/mol. The van der Waals surface area contributed by atoms with Crippen molar-refractivity contribution in [1.29, 1.82) is 0 Å². The fourth-order valence-corrected chi connectivity index (χ4v) is 4.95. The summed E-state index contributed by atoms with van der Waals surface area (Å²) in [5.74, 6) is 6.35. The second-order valence-electron chi connectivity index (χ2n) is 4.68. The summed E-state index contributed by atoms with van der Waals surface area (Å²) in [6, 6.07) is 1.56. The first-order valence-electron chi connectivity index (χ1n) is 6.83. The zero-order valence-electron chi connectivity index (χ0n) is 11.9. The molecule has 1 aliphatic heterocycles. The molecule has 1 unspecified atom stereocenters. The van der Waals surface area contributed by atoms with Gasteiger partial charge in [0.25, 0.3) is 0 Å². The van der Waals surface area contributed by atoms with Crippen LogP contribution in [0.2, 0.25) is 0 Å². The maximum Gasteiger partial charge on any atom is 0.244 e. The predicted molar refractivity (Wildman–Crippen MR) is 85.5 cm³/mol. The predicted octanol–water partition coefficient (Wildman–Crippen LogP) is 0.908. The summed E-state index contributed by atoms with van der Waals surface area (Å²) >= 11 is 1.83. The first-order valence-corrected chi connectivity index (χ1v) is 9.32. The Kier molecular flexibility index (Phi) is 5.65. The molecule has 1 atom stereocenters. The van der Waals surface area contributed by atoms with Crippen molar-refractivity contribution in [1.82, 2.24) is 9.29 Å². The van der Waals surface area contributed by atoms with Gasteiger partial charge in [0.1, 0.15) is 4.90 Å². The van der Waals surface area contributed by atoms with Crippen LogP contribution in [0.5, 0.6) is 0 Å². The van der Waals surface area contributed by atoms with Gasteiger partial charge in [-0.1, -0.05) is 18.8 Å². The molecule has 1 fully saturated rings. The maximum atomic E-state index is 12.7. The number of hydrogen-bond donors (Lipinski definition) is 1. The highest BCUT2D eigenvalue weighted by Crippen LogP contribution is 2.26. The van der Waals surface area contributed by atoms with Crippen LogP contribution in [-0.2, 0) is 10.0 Å². The lowest BCUT2D eigenvalue weighted by Gasteiger charge is -2.30. The first kappa shape index (κ1) is 16.3. The lowest BCUT2D eigenvalue weighted by Crippen LogP contribution is -2.41. The van der Waals surface area contributed by atoms with Gasteiger partial charge in [0.15, 0.2) is 0 Å². The van der Waals surface area contributed by atoms with E-state index in [1.54, 1.807) is 16.6 Å². The Bertz CT molecular complexity index is 650. The highest BCUT2D eigenvalue weighted by Gasteiger charge is 2.30. The van der Waals surface area contributed by atoms with Gasteiger partial charge in [-0.15, -0.1) is 0 Å². The Hall–Kier alpha value is -1.07. The zero-order chi connectivity index (χ0) is 15.3. The molecule has 0 spiro atoms. The zero-order valence-corrected chi connectivity index (χ0v) is 13.6. The average molecular weight is 325 g/mol. The fraction of sp³-hybridized carbons (Fsp3) is 0.500. The Morgan fingerprint density at radius 3 is 3.05 bits per heavy atom. The molecule has 5 nitrogen and oxygen atoms in total. The number of sulfonamides is 1. The van der Waals surface area contributed by atoms with Gasteiger partial charge in [-0.05, 0) is 12.5 Å². The van der Waals surface area contributed by atoms with Gasteiger partial charge in [0.05, 0.1) is 6.54 Å². The van der Waals surface area contributed by atoms with E-state index in [0.717, 1.165) is 12.2 Å². The molecule has 0 aromatic carbocycles. The summed E-state index contributed by atoms with van der Waals surface area (Å²) in [5, 5.41) is 0.363. The van der Waals surface area contributed by atoms with Gasteiger partial charge >= 0.3 is 0 Å². The molecule has 2 N–H and O–H groups in total. The van der Waals surface area contributed by atoms with Crippen molar-refractivity contribution < 1.29 is 8.42 Å². The number of rotatable bonds is 3. The van der Waals surface area contributed by atoms with Crippen molar-refractivity contribution >= 4 is 21.8 Å². The number of pyridine rings is 1. The molecule has 0 amide bonds. The van der Waals surface area contributed by atoms with Crippen LogP contribution in [0.25, 0.3) is 0 Å². The smallest absolute Gasteiger partial charge is 0.244 e. The highest BCUT2D eigenvalue weighted by molar-refractivity contribution is 8.00. The topological polar surface area (TPSA) is 76.3 Å². The Balaban J connectivity index is 2.26. The standard InChI is InChI=1S/C14H19N3O2S2/c1-2-13-11-17(6-7-20-13)21(18,19)14-8-12(4-3-5-15)9-16-10-14/h8-10,13H,2,5-7,11,15H2,1H3. The van der Waals surface area contributed by atoms with Crippen molar-refractivity contribution in [3.05, 3.63) is 24.0 Å². The van der Waals surface area contributed by atoms with Gasteiger partial charge in [0.2, 0.25) is 10.0 Å². The molecule has 1 aliphatic rings. The molecule has 0 saturated carbocycles. The SMILES string of the molecule is CCC1CN(S(=O)(=O)c2cncc(C#CCN)c2)CCS1. The van der Waals surface area contributed by atoms with E-state index in [1.807, 2.05) is 11.8 Å². The van der Waals surface area contributed by atoms with Crippen LogP contribution in [0, 0.1) is 11.8 Å². The van der Waals surface area contributed by atoms with Gasteiger partial charge < -0.3 is 5.73 Å². The second-order valence-corrected chi connectivity index (χ2v) is 8.03. The molecule has 2 rings (SSSR count). The fourth-order valence-electron chi connectivity index (χ4n) is 2.09. The quantitative estimate of drug-likeness (QED) is 0.836. The third kappa shape index (κ3) is 3.98. The number of thioether (sulfide) groups is 1. The summed E-state index contributed by atoms with van der Waals surface area (Å²) in [5.41, 5.74) is 5.89. The molecular formula is C14H19N3O2S2. The molecule has 7 heteroatoms. The Morgan fingerprint density at radius 2 is 2.33 bits per heavy atom. The summed E-state index contributed by atoms with van der Waals surface area (Å²) in [6.45, 7) is 3.42. The number of aromatic nitrogens is 1. The van der Waals surface area contributed by atoms with Gasteiger partial charge in [-0.25, -0.2) is 8.42 Å². The molecule has 114 valence electrons. The van der Waals surface area contributed by atoms with Crippen molar-refractivity contribution in [3.63, 3.8) is 0 Å². The van der Waals surface area contributed by atoms with Crippen LogP contribution in [0.15, 0.2) is 23.4 Å². The molecule has 1 aromatic heterocycles. The second kappa shape index (κ2) is 7.27. The third-order valence-electron chi connectivity index (χ3n) is 3.24. The minimum absolute atomic E-state index is 0.202. The molecule has 21 heavy (non-hydrogen) atoms. The molecule has 2 heterocycles. The number of nitrogens with two attached hydrogens (primary N) is 1. The molecular weight excluding hydrogens is 306 g/mol. The summed E-state index contributed by atoms with van der Waals surface area (Å²) < 4.78 is 26.9. The first-order chi connectivity index (χ1) is 10.1. The van der Waals surface area contributed by atoms with Crippen molar-refractivity contribution in [2.75, 3.05) is 25.4 Å². The van der Waals surface area contributed by atoms with E-state index in [2.05, 4.69) is 23.7 Å². The Morgan fingerprint density at radius 1 is 1.52 bits per heavy atom. The largest absolute Gasteiger partial charge is 0.320 e. The van der Waals surface area contributed by atoms with E-state index in [9.17, 15) is 8.42 Å². The van der Waals surface area contributed by atoms with Gasteiger partial charge in [0, 0.05) is 42.0 Å². The molecule has 0 bridgehead atoms. The van der Waals surface area contributed by atoms with E-state index in [1.165, 1.54) is 6.20 Å². The van der Waals surface area contributed by atoms with Crippen molar-refractivity contribution in [3.8, 4) is 11.8 Å². The van der Waals surface area contributed by atoms with E-state index >= 15 is 0 Å². The van der Waals surface area contributed by atoms with E-state index < -0.39 is 10.0 Å². The lowest BCUT2D eigenvalue weighted by atomic mass is 10.3. The van der Waals surface area contributed by atoms with Gasteiger partial charge in [-0.2, -0.15) is 16.1 Å². The summed E-state index contributed by atoms with van der Waals surface area (Å²) in [4.78, 5) is 4.19. The number of hydrogen-bond acceptors (Lipinski definition) is 5. The normalized spacial score (nSPS) is 19.8.